The van der Waals surface area contributed by atoms with Gasteiger partial charge in [-0.15, -0.1) is 11.3 Å². The molecule has 0 aromatic carbocycles. The van der Waals surface area contributed by atoms with Crippen LogP contribution in [-0.4, -0.2) is 16.1 Å². The van der Waals surface area contributed by atoms with Gasteiger partial charge in [-0.25, -0.2) is 0 Å². The van der Waals surface area contributed by atoms with Gasteiger partial charge in [-0.1, -0.05) is 0 Å². The van der Waals surface area contributed by atoms with Crippen molar-refractivity contribution in [1.29, 1.82) is 0 Å². The maximum atomic E-state index is 11.8. The van der Waals surface area contributed by atoms with Gasteiger partial charge in [-0.2, -0.15) is 5.10 Å². The molecule has 2 rings (SSSR count). The van der Waals surface area contributed by atoms with Crippen LogP contribution in [0.15, 0.2) is 28.3 Å². The Morgan fingerprint density at radius 3 is 3.05 bits per heavy atom. The van der Waals surface area contributed by atoms with E-state index in [2.05, 4.69) is 37.5 Å². The van der Waals surface area contributed by atoms with Gasteiger partial charge in [-0.05, 0) is 47.8 Å². The molecule has 2 N–H and O–H groups in total. The van der Waals surface area contributed by atoms with E-state index in [1.165, 1.54) is 4.88 Å². The minimum Gasteiger partial charge on any atom is -0.349 e. The van der Waals surface area contributed by atoms with Crippen molar-refractivity contribution in [2.45, 2.75) is 32.2 Å². The van der Waals surface area contributed by atoms with Crippen molar-refractivity contribution < 1.29 is 4.79 Å². The summed E-state index contributed by atoms with van der Waals surface area (Å²) in [7, 11) is 0. The Morgan fingerprint density at radius 1 is 1.58 bits per heavy atom. The van der Waals surface area contributed by atoms with Gasteiger partial charge in [0.05, 0.1) is 16.0 Å². The highest BCUT2D eigenvalue weighted by molar-refractivity contribution is 9.11. The van der Waals surface area contributed by atoms with Crippen LogP contribution in [0.2, 0.25) is 0 Å². The van der Waals surface area contributed by atoms with Crippen LogP contribution in [0.3, 0.4) is 0 Å². The highest BCUT2D eigenvalue weighted by Crippen LogP contribution is 2.23. The summed E-state index contributed by atoms with van der Waals surface area (Å²) in [6.45, 7) is 1.96. The summed E-state index contributed by atoms with van der Waals surface area (Å²) in [5, 5.41) is 9.59. The van der Waals surface area contributed by atoms with E-state index in [0.29, 0.717) is 6.42 Å². The Morgan fingerprint density at radius 2 is 2.42 bits per heavy atom. The third kappa shape index (κ3) is 4.47. The first-order valence-corrected chi connectivity index (χ1v) is 7.78. The number of hydrogen-bond donors (Lipinski definition) is 2. The smallest absolute Gasteiger partial charge is 0.220 e. The number of aromatic amines is 1. The summed E-state index contributed by atoms with van der Waals surface area (Å²) >= 11 is 5.16. The van der Waals surface area contributed by atoms with Crippen LogP contribution < -0.4 is 5.32 Å². The molecule has 0 spiro atoms. The Balaban J connectivity index is 1.70. The van der Waals surface area contributed by atoms with Gasteiger partial charge in [0.25, 0.3) is 0 Å². The maximum absolute atomic E-state index is 11.8. The molecule has 19 heavy (non-hydrogen) atoms. The van der Waals surface area contributed by atoms with Gasteiger partial charge in [-0.3, -0.25) is 9.89 Å². The lowest BCUT2D eigenvalue weighted by molar-refractivity contribution is -0.121. The number of carbonyl (C=O) groups excluding carboxylic acids is 1. The fraction of sp³-hybridized carbons (Fsp3) is 0.385. The van der Waals surface area contributed by atoms with E-state index in [-0.39, 0.29) is 11.9 Å². The number of aryl methyl sites for hydroxylation is 1. The fourth-order valence-electron chi connectivity index (χ4n) is 1.80. The van der Waals surface area contributed by atoms with Crippen molar-refractivity contribution in [3.63, 3.8) is 0 Å². The second-order valence-corrected chi connectivity index (χ2v) is 6.93. The molecule has 0 saturated carbocycles. The highest BCUT2D eigenvalue weighted by Gasteiger charge is 2.10. The fourth-order valence-corrected chi connectivity index (χ4v) is 3.33. The Kier molecular flexibility index (Phi) is 5.15. The van der Waals surface area contributed by atoms with E-state index in [0.717, 1.165) is 22.2 Å². The first-order chi connectivity index (χ1) is 9.15. The van der Waals surface area contributed by atoms with E-state index >= 15 is 0 Å². The molecular weight excluding hydrogens is 326 g/mol. The van der Waals surface area contributed by atoms with E-state index in [1.54, 1.807) is 23.7 Å². The lowest BCUT2D eigenvalue weighted by atomic mass is 10.1. The van der Waals surface area contributed by atoms with Gasteiger partial charge >= 0.3 is 0 Å². The van der Waals surface area contributed by atoms with Gasteiger partial charge in [0.1, 0.15) is 0 Å². The minimum absolute atomic E-state index is 0.00197. The zero-order valence-electron chi connectivity index (χ0n) is 10.6. The van der Waals surface area contributed by atoms with Crippen LogP contribution in [0.4, 0.5) is 0 Å². The number of hydrogen-bond acceptors (Lipinski definition) is 3. The van der Waals surface area contributed by atoms with Gasteiger partial charge in [0.2, 0.25) is 5.91 Å². The van der Waals surface area contributed by atoms with Crippen LogP contribution in [-0.2, 0) is 11.2 Å². The minimum atomic E-state index is 0.00197. The molecule has 6 heteroatoms. The zero-order chi connectivity index (χ0) is 13.7. The lowest BCUT2D eigenvalue weighted by Crippen LogP contribution is -2.26. The largest absolute Gasteiger partial charge is 0.349 e. The predicted octanol–water partition coefficient (Wildman–Crippen LogP) is 3.43. The van der Waals surface area contributed by atoms with Crippen molar-refractivity contribution in [2.24, 2.45) is 0 Å². The predicted molar refractivity (Wildman–Crippen MR) is 80.1 cm³/mol. The molecule has 2 heterocycles. The SMILES string of the molecule is CC(NC(=O)CCCc1ccc(Br)s1)c1cn[nH]c1. The van der Waals surface area contributed by atoms with E-state index in [1.807, 2.05) is 13.0 Å². The molecule has 0 aliphatic heterocycles. The van der Waals surface area contributed by atoms with Crippen LogP contribution in [0, 0.1) is 0 Å². The molecule has 0 fully saturated rings. The second-order valence-electron chi connectivity index (χ2n) is 4.38. The molecule has 0 radical (unpaired) electrons. The first kappa shape index (κ1) is 14.3. The maximum Gasteiger partial charge on any atom is 0.220 e. The molecule has 0 aliphatic rings. The summed E-state index contributed by atoms with van der Waals surface area (Å²) in [5.41, 5.74) is 0.996. The third-order valence-corrected chi connectivity index (χ3v) is 4.54. The van der Waals surface area contributed by atoms with Crippen molar-refractivity contribution >= 4 is 33.2 Å². The number of amides is 1. The summed E-state index contributed by atoms with van der Waals surface area (Å²) in [6, 6.07) is 4.14. The number of carbonyl (C=O) groups is 1. The van der Waals surface area contributed by atoms with Gasteiger partial charge in [0, 0.05) is 23.1 Å². The zero-order valence-corrected chi connectivity index (χ0v) is 13.1. The number of thiophene rings is 1. The van der Waals surface area contributed by atoms with Gasteiger partial charge in [0.15, 0.2) is 0 Å². The standard InChI is InChI=1S/C13H16BrN3OS/c1-9(10-7-15-16-8-10)17-13(18)4-2-3-11-5-6-12(14)19-11/h5-9H,2-4H2,1H3,(H,15,16)(H,17,18). The molecule has 102 valence electrons. The molecule has 4 nitrogen and oxygen atoms in total. The number of nitrogens with zero attached hydrogens (tertiary/aromatic N) is 1. The molecule has 1 unspecified atom stereocenters. The Hall–Kier alpha value is -1.14. The number of rotatable bonds is 6. The highest BCUT2D eigenvalue weighted by atomic mass is 79.9. The molecule has 0 bridgehead atoms. The third-order valence-electron chi connectivity index (χ3n) is 2.85. The summed E-state index contributed by atoms with van der Waals surface area (Å²) in [6.07, 6.45) is 5.90. The van der Waals surface area contributed by atoms with Crippen LogP contribution >= 0.6 is 27.3 Å². The summed E-state index contributed by atoms with van der Waals surface area (Å²) in [5.74, 6) is 0.0873. The van der Waals surface area contributed by atoms with Crippen LogP contribution in [0.5, 0.6) is 0 Å². The summed E-state index contributed by atoms with van der Waals surface area (Å²) < 4.78 is 1.14. The number of H-pyrrole nitrogens is 1. The average Bonchev–Trinajstić information content (AvgIpc) is 3.00. The van der Waals surface area contributed by atoms with Crippen LogP contribution in [0.25, 0.3) is 0 Å². The average molecular weight is 342 g/mol. The Labute approximate surface area is 124 Å². The first-order valence-electron chi connectivity index (χ1n) is 6.17. The molecular formula is C13H16BrN3OS. The van der Waals surface area contributed by atoms with Crippen molar-refractivity contribution in [3.8, 4) is 0 Å². The lowest BCUT2D eigenvalue weighted by Gasteiger charge is -2.11. The quantitative estimate of drug-likeness (QED) is 0.845. The molecule has 1 atom stereocenters. The van der Waals surface area contributed by atoms with E-state index in [9.17, 15) is 4.79 Å². The van der Waals surface area contributed by atoms with E-state index < -0.39 is 0 Å². The molecule has 2 aromatic heterocycles. The number of nitrogens with one attached hydrogen (secondary N) is 2. The molecule has 1 amide bonds. The Bertz CT molecular complexity index is 524. The molecule has 0 saturated heterocycles. The van der Waals surface area contributed by atoms with Crippen molar-refractivity contribution in [3.05, 3.63) is 38.8 Å². The van der Waals surface area contributed by atoms with Crippen molar-refractivity contribution in [1.82, 2.24) is 15.5 Å². The molecule has 0 aliphatic carbocycles. The van der Waals surface area contributed by atoms with Crippen molar-refractivity contribution in [2.75, 3.05) is 0 Å². The number of aromatic nitrogens is 2. The van der Waals surface area contributed by atoms with Crippen LogP contribution in [0.1, 0.15) is 36.2 Å². The molecule has 2 aromatic rings. The summed E-state index contributed by atoms with van der Waals surface area (Å²) in [4.78, 5) is 13.1. The normalized spacial score (nSPS) is 12.3. The van der Waals surface area contributed by atoms with Gasteiger partial charge < -0.3 is 5.32 Å². The topological polar surface area (TPSA) is 57.8 Å². The van der Waals surface area contributed by atoms with E-state index in [4.69, 9.17) is 0 Å². The second kappa shape index (κ2) is 6.86. The number of halogens is 1. The monoisotopic (exact) mass is 341 g/mol.